The van der Waals surface area contributed by atoms with Gasteiger partial charge in [0.15, 0.2) is 5.75 Å². The highest BCUT2D eigenvalue weighted by Crippen LogP contribution is 2.36. The van der Waals surface area contributed by atoms with Gasteiger partial charge in [-0.15, -0.1) is 21.5 Å². The average molecular weight is 561 g/mol. The molecule has 3 atom stereocenters. The molecule has 3 heterocycles. The van der Waals surface area contributed by atoms with Gasteiger partial charge in [0.1, 0.15) is 17.0 Å². The third-order valence-corrected chi connectivity index (χ3v) is 7.91. The van der Waals surface area contributed by atoms with E-state index in [0.29, 0.717) is 41.1 Å². The van der Waals surface area contributed by atoms with Gasteiger partial charge in [-0.2, -0.15) is 13.2 Å². The summed E-state index contributed by atoms with van der Waals surface area (Å²) >= 11 is 1.01. The predicted molar refractivity (Wildman–Crippen MR) is 141 cm³/mol. The van der Waals surface area contributed by atoms with Crippen LogP contribution < -0.4 is 15.0 Å². The van der Waals surface area contributed by atoms with Gasteiger partial charge in [-0.05, 0) is 24.5 Å². The van der Waals surface area contributed by atoms with Crippen LogP contribution in [0.5, 0.6) is 11.6 Å². The number of aliphatic hydroxyl groups excluding tert-OH is 1. The van der Waals surface area contributed by atoms with E-state index in [2.05, 4.69) is 25.5 Å². The lowest BCUT2D eigenvalue weighted by molar-refractivity contribution is -0.126. The molecule has 0 saturated heterocycles. The summed E-state index contributed by atoms with van der Waals surface area (Å²) in [4.78, 5) is 11.0. The molecular formula is C26H27F3N6O3S. The second-order valence-electron chi connectivity index (χ2n) is 9.53. The number of ether oxygens (including phenoxy) is 1. The van der Waals surface area contributed by atoms with E-state index in [1.165, 1.54) is 19.5 Å². The molecule has 1 aliphatic rings. The minimum atomic E-state index is -4.30. The number of benzene rings is 1. The number of fused-ring (bicyclic) bond motifs is 1. The smallest absolute Gasteiger partial charge is 0.393 e. The van der Waals surface area contributed by atoms with Crippen molar-refractivity contribution >= 4 is 27.4 Å². The SMILES string of the molecule is COc1cc(-c2ccc(CN[C@H]3C[C@@H](O)[C@@H](N(C)c4ncnc5sc(CC(F)(F)F)cc45)C3)cc2)nnc1O. The molecule has 13 heteroatoms. The van der Waals surface area contributed by atoms with Crippen LogP contribution in [-0.4, -0.2) is 68.9 Å². The molecular weight excluding hydrogens is 533 g/mol. The number of aromatic hydroxyl groups is 1. The summed E-state index contributed by atoms with van der Waals surface area (Å²) in [6, 6.07) is 10.6. The molecule has 0 bridgehead atoms. The number of aliphatic hydroxyl groups is 1. The van der Waals surface area contributed by atoms with Gasteiger partial charge in [0.25, 0.3) is 5.88 Å². The van der Waals surface area contributed by atoms with Gasteiger partial charge in [0, 0.05) is 36.1 Å². The maximum Gasteiger partial charge on any atom is 0.393 e. The summed E-state index contributed by atoms with van der Waals surface area (Å²) in [7, 11) is 3.25. The second kappa shape index (κ2) is 10.9. The van der Waals surface area contributed by atoms with E-state index in [1.54, 1.807) is 13.1 Å². The molecule has 1 fully saturated rings. The largest absolute Gasteiger partial charge is 0.491 e. The lowest BCUT2D eigenvalue weighted by Gasteiger charge is -2.28. The molecule has 0 spiro atoms. The number of thiophene rings is 1. The lowest BCUT2D eigenvalue weighted by atomic mass is 10.1. The fourth-order valence-corrected chi connectivity index (χ4v) is 5.93. The number of aromatic nitrogens is 4. The number of hydrogen-bond donors (Lipinski definition) is 3. The zero-order chi connectivity index (χ0) is 27.7. The van der Waals surface area contributed by atoms with Gasteiger partial charge in [-0.25, -0.2) is 9.97 Å². The van der Waals surface area contributed by atoms with Crippen LogP contribution in [0, 0.1) is 0 Å². The van der Waals surface area contributed by atoms with Crippen LogP contribution in [0.3, 0.4) is 0 Å². The van der Waals surface area contributed by atoms with Crippen molar-refractivity contribution in [1.29, 1.82) is 0 Å². The van der Waals surface area contributed by atoms with Crippen LogP contribution in [0.4, 0.5) is 19.0 Å². The Morgan fingerprint density at radius 1 is 1.13 bits per heavy atom. The Labute approximate surface area is 226 Å². The third-order valence-electron chi connectivity index (χ3n) is 6.87. The summed E-state index contributed by atoms with van der Waals surface area (Å²) in [5.74, 6) is 0.489. The maximum atomic E-state index is 12.9. The second-order valence-corrected chi connectivity index (χ2v) is 10.6. The minimum absolute atomic E-state index is 0.0416. The predicted octanol–water partition coefficient (Wildman–Crippen LogP) is 4.09. The van der Waals surface area contributed by atoms with Crippen molar-refractivity contribution in [1.82, 2.24) is 25.5 Å². The normalized spacial score (nSPS) is 19.5. The van der Waals surface area contributed by atoms with E-state index in [-0.39, 0.29) is 28.6 Å². The lowest BCUT2D eigenvalue weighted by Crippen LogP contribution is -2.38. The van der Waals surface area contributed by atoms with Crippen LogP contribution in [-0.2, 0) is 13.0 Å². The highest BCUT2D eigenvalue weighted by Gasteiger charge is 2.37. The van der Waals surface area contributed by atoms with Gasteiger partial charge in [-0.1, -0.05) is 24.3 Å². The Balaban J connectivity index is 1.22. The summed E-state index contributed by atoms with van der Waals surface area (Å²) < 4.78 is 43.8. The molecule has 1 saturated carbocycles. The number of hydrogen-bond acceptors (Lipinski definition) is 10. The topological polar surface area (TPSA) is 117 Å². The number of anilines is 1. The zero-order valence-corrected chi connectivity index (χ0v) is 22.0. The van der Waals surface area contributed by atoms with Crippen molar-refractivity contribution in [2.24, 2.45) is 0 Å². The van der Waals surface area contributed by atoms with E-state index < -0.39 is 18.7 Å². The molecule has 5 rings (SSSR count). The van der Waals surface area contributed by atoms with E-state index in [1.807, 2.05) is 29.2 Å². The van der Waals surface area contributed by atoms with Crippen molar-refractivity contribution in [2.75, 3.05) is 19.1 Å². The first-order valence-electron chi connectivity index (χ1n) is 12.3. The van der Waals surface area contributed by atoms with Crippen LogP contribution in [0.2, 0.25) is 0 Å². The Bertz CT molecular complexity index is 1450. The van der Waals surface area contributed by atoms with Crippen molar-refractivity contribution in [3.05, 3.63) is 53.2 Å². The fraction of sp³-hybridized carbons (Fsp3) is 0.385. The number of nitrogens with zero attached hydrogens (tertiary/aromatic N) is 5. The Morgan fingerprint density at radius 3 is 2.62 bits per heavy atom. The van der Waals surface area contributed by atoms with Crippen LogP contribution in [0.1, 0.15) is 23.3 Å². The third kappa shape index (κ3) is 6.05. The molecule has 9 nitrogen and oxygen atoms in total. The molecule has 39 heavy (non-hydrogen) atoms. The van der Waals surface area contributed by atoms with Gasteiger partial charge in [-0.3, -0.25) is 0 Å². The molecule has 0 unspecified atom stereocenters. The Kier molecular flexibility index (Phi) is 7.56. The molecule has 206 valence electrons. The van der Waals surface area contributed by atoms with Gasteiger partial charge < -0.3 is 25.2 Å². The first-order valence-corrected chi connectivity index (χ1v) is 13.1. The van der Waals surface area contributed by atoms with Crippen LogP contribution in [0.25, 0.3) is 21.5 Å². The van der Waals surface area contributed by atoms with Gasteiger partial charge in [0.05, 0.1) is 36.8 Å². The highest BCUT2D eigenvalue weighted by molar-refractivity contribution is 7.18. The molecule has 0 aliphatic heterocycles. The highest BCUT2D eigenvalue weighted by atomic mass is 32.1. The maximum absolute atomic E-state index is 12.9. The molecule has 1 aliphatic carbocycles. The summed E-state index contributed by atoms with van der Waals surface area (Å²) in [6.07, 6.45) is -3.41. The monoisotopic (exact) mass is 560 g/mol. The molecule has 1 aromatic carbocycles. The summed E-state index contributed by atoms with van der Waals surface area (Å²) in [5, 5.41) is 32.2. The van der Waals surface area contributed by atoms with E-state index in [9.17, 15) is 23.4 Å². The molecule has 4 aromatic rings. The number of alkyl halides is 3. The minimum Gasteiger partial charge on any atom is -0.491 e. The first kappa shape index (κ1) is 27.0. The number of methoxy groups -OCH3 is 1. The summed E-state index contributed by atoms with van der Waals surface area (Å²) in [6.45, 7) is 0.585. The first-order chi connectivity index (χ1) is 18.6. The van der Waals surface area contributed by atoms with Crippen LogP contribution >= 0.6 is 11.3 Å². The van der Waals surface area contributed by atoms with E-state index >= 15 is 0 Å². The fourth-order valence-electron chi connectivity index (χ4n) is 4.91. The van der Waals surface area contributed by atoms with Crippen molar-refractivity contribution in [2.45, 2.75) is 50.2 Å². The molecule has 0 radical (unpaired) electrons. The zero-order valence-electron chi connectivity index (χ0n) is 21.2. The van der Waals surface area contributed by atoms with Crippen molar-refractivity contribution in [3.63, 3.8) is 0 Å². The van der Waals surface area contributed by atoms with Gasteiger partial charge >= 0.3 is 6.18 Å². The molecule has 0 amide bonds. The van der Waals surface area contributed by atoms with Crippen molar-refractivity contribution in [3.8, 4) is 22.9 Å². The van der Waals surface area contributed by atoms with Crippen molar-refractivity contribution < 1.29 is 28.1 Å². The number of nitrogens with one attached hydrogen (secondary N) is 1. The van der Waals surface area contributed by atoms with E-state index in [0.717, 1.165) is 22.5 Å². The standard InChI is InChI=1S/C26H27F3N6O3S/c1-35(23-18-9-17(11-26(27,28)29)39-25(18)32-13-31-23)20-7-16(8-21(20)36)30-12-14-3-5-15(6-4-14)19-10-22(38-2)24(37)34-33-19/h3-6,9-10,13,16,20-21,30,36H,7-8,11-12H2,1-2H3,(H,34,37)/t16-,20+,21-/m1/s1. The Hall–Kier alpha value is -3.55. The Morgan fingerprint density at radius 2 is 1.90 bits per heavy atom. The number of halogens is 3. The van der Waals surface area contributed by atoms with E-state index in [4.69, 9.17) is 4.74 Å². The van der Waals surface area contributed by atoms with Gasteiger partial charge in [0.2, 0.25) is 0 Å². The molecule has 3 aromatic heterocycles. The average Bonchev–Trinajstić information content (AvgIpc) is 3.48. The summed E-state index contributed by atoms with van der Waals surface area (Å²) in [5.41, 5.74) is 2.44. The quantitative estimate of drug-likeness (QED) is 0.293. The number of rotatable bonds is 8. The van der Waals surface area contributed by atoms with Crippen LogP contribution in [0.15, 0.2) is 42.7 Å². The number of likely N-dealkylation sites (N-methyl/N-ethyl adjacent to an activating group) is 1. The molecule has 3 N–H and O–H groups in total.